The molecule has 2 aliphatic heterocycles. The Morgan fingerprint density at radius 2 is 1.57 bits per heavy atom. The highest BCUT2D eigenvalue weighted by atomic mass is 35.6. The van der Waals surface area contributed by atoms with Crippen LogP contribution in [0.2, 0.25) is 10.0 Å². The molecule has 4 rings (SSSR count). The highest BCUT2D eigenvalue weighted by molar-refractivity contribution is 6.68. The van der Waals surface area contributed by atoms with Crippen molar-refractivity contribution in [3.05, 3.63) is 63.1 Å². The van der Waals surface area contributed by atoms with Crippen molar-refractivity contribution in [2.75, 3.05) is 26.3 Å². The molecule has 2 heterocycles. The number of aryl methyl sites for hydroxylation is 1. The molecule has 2 bridgehead atoms. The largest absolute Gasteiger partial charge is 0.490 e. The van der Waals surface area contributed by atoms with E-state index in [9.17, 15) is 19.5 Å². The Kier molecular flexibility index (Phi) is 10.5. The summed E-state index contributed by atoms with van der Waals surface area (Å²) in [7, 11) is 0. The van der Waals surface area contributed by atoms with E-state index in [4.69, 9.17) is 72.2 Å². The number of ether oxygens (including phenoxy) is 3. The van der Waals surface area contributed by atoms with Gasteiger partial charge in [-0.3, -0.25) is 9.69 Å². The Morgan fingerprint density at radius 3 is 2.11 bits per heavy atom. The molecule has 238 valence electrons. The summed E-state index contributed by atoms with van der Waals surface area (Å²) in [5.41, 5.74) is 0.559. The van der Waals surface area contributed by atoms with Gasteiger partial charge in [0.2, 0.25) is 9.70 Å². The van der Waals surface area contributed by atoms with Crippen molar-refractivity contribution < 1.29 is 33.7 Å². The number of carbonyl (C=O) groups excluding carboxylic acids is 2. The molecule has 2 atom stereocenters. The molecule has 0 radical (unpaired) electrons. The van der Waals surface area contributed by atoms with Gasteiger partial charge in [0.15, 0.2) is 11.4 Å². The molecule has 9 nitrogen and oxygen atoms in total. The molecule has 0 aliphatic carbocycles. The van der Waals surface area contributed by atoms with E-state index in [2.05, 4.69) is 0 Å². The van der Waals surface area contributed by atoms with Crippen LogP contribution in [-0.2, 0) is 14.3 Å². The molecule has 0 saturated carbocycles. The van der Waals surface area contributed by atoms with Crippen molar-refractivity contribution in [2.45, 2.75) is 55.6 Å². The van der Waals surface area contributed by atoms with Crippen LogP contribution in [-0.4, -0.2) is 80.7 Å². The van der Waals surface area contributed by atoms with Gasteiger partial charge >= 0.3 is 12.1 Å². The Bertz CT molecular complexity index is 1450. The summed E-state index contributed by atoms with van der Waals surface area (Å²) in [4.78, 5) is 41.3. The zero-order valence-corrected chi connectivity index (χ0v) is 28.1. The molecule has 1 saturated heterocycles. The Morgan fingerprint density at radius 1 is 0.977 bits per heavy atom. The van der Waals surface area contributed by atoms with Gasteiger partial charge < -0.3 is 24.2 Å². The molecular formula is C30H31Cl5N2O7. The van der Waals surface area contributed by atoms with Gasteiger partial charge in [0, 0.05) is 20.0 Å². The van der Waals surface area contributed by atoms with E-state index in [0.717, 1.165) is 5.56 Å². The highest BCUT2D eigenvalue weighted by Gasteiger charge is 2.51. The number of carbonyl (C=O) groups is 3. The molecule has 1 N–H and O–H groups in total. The maximum Gasteiger partial charge on any atom is 0.411 e. The molecule has 44 heavy (non-hydrogen) atoms. The molecular weight excluding hydrogens is 678 g/mol. The summed E-state index contributed by atoms with van der Waals surface area (Å²) in [5, 5.41) is 11.2. The second-order valence-corrected chi connectivity index (χ2v) is 14.2. The monoisotopic (exact) mass is 706 g/mol. The van der Waals surface area contributed by atoms with Crippen LogP contribution in [0.15, 0.2) is 42.0 Å². The van der Waals surface area contributed by atoms with Crippen molar-refractivity contribution in [3.63, 3.8) is 0 Å². The number of carboxylic acid groups (broad SMARTS) is 1. The Hall–Kier alpha value is -2.56. The lowest BCUT2D eigenvalue weighted by Crippen LogP contribution is -2.65. The van der Waals surface area contributed by atoms with E-state index in [1.54, 1.807) is 36.4 Å². The standard InChI is InChI=1S/C30H31Cl5N2O7/c1-16-11-22(31)26(23(32)12-16)43-10-9-42-20-7-5-18(6-8-20)21-13-19-14-36(17(2)38)15-24(25(21)27(39)40)37(19)28(41)44-29(3,4)30(33,34)35/h5-8,11-12,19,24H,9-10,13-15H2,1-4H3,(H,39,40). The van der Waals surface area contributed by atoms with Crippen molar-refractivity contribution in [3.8, 4) is 11.5 Å². The first kappa shape index (κ1) is 34.3. The van der Waals surface area contributed by atoms with Crippen molar-refractivity contribution >= 4 is 81.5 Å². The lowest BCUT2D eigenvalue weighted by Gasteiger charge is -2.50. The maximum absolute atomic E-state index is 13.4. The van der Waals surface area contributed by atoms with E-state index in [0.29, 0.717) is 32.7 Å². The molecule has 2 unspecified atom stereocenters. The lowest BCUT2D eigenvalue weighted by molar-refractivity contribution is -0.137. The van der Waals surface area contributed by atoms with Gasteiger partial charge in [-0.15, -0.1) is 0 Å². The molecule has 2 aliphatic rings. The van der Waals surface area contributed by atoms with Crippen LogP contribution >= 0.6 is 58.0 Å². The van der Waals surface area contributed by atoms with E-state index in [1.165, 1.54) is 30.6 Å². The molecule has 1 fully saturated rings. The summed E-state index contributed by atoms with van der Waals surface area (Å²) >= 11 is 30.5. The van der Waals surface area contributed by atoms with Gasteiger partial charge in [-0.1, -0.05) is 70.1 Å². The number of hydrogen-bond donors (Lipinski definition) is 1. The first-order valence-electron chi connectivity index (χ1n) is 13.6. The fraction of sp³-hybridized carbons (Fsp3) is 0.433. The molecule has 0 aromatic heterocycles. The maximum atomic E-state index is 13.4. The Labute approximate surface area is 280 Å². The summed E-state index contributed by atoms with van der Waals surface area (Å²) in [5.74, 6) is -0.543. The third-order valence-electron chi connectivity index (χ3n) is 7.51. The molecule has 2 aromatic carbocycles. The molecule has 2 aromatic rings. The van der Waals surface area contributed by atoms with E-state index in [1.807, 2.05) is 6.92 Å². The van der Waals surface area contributed by atoms with Gasteiger partial charge in [-0.25, -0.2) is 9.59 Å². The van der Waals surface area contributed by atoms with Crippen LogP contribution in [0.1, 0.15) is 38.3 Å². The van der Waals surface area contributed by atoms with Crippen molar-refractivity contribution in [2.24, 2.45) is 0 Å². The minimum atomic E-state index is -1.94. The third kappa shape index (κ3) is 7.45. The number of carboxylic acids is 1. The van der Waals surface area contributed by atoms with Crippen molar-refractivity contribution in [1.29, 1.82) is 0 Å². The fourth-order valence-electron chi connectivity index (χ4n) is 5.20. The molecule has 2 amide bonds. The van der Waals surface area contributed by atoms with Gasteiger partial charge in [-0.2, -0.15) is 0 Å². The number of piperazine rings is 1. The van der Waals surface area contributed by atoms with E-state index >= 15 is 0 Å². The smallest absolute Gasteiger partial charge is 0.411 e. The zero-order chi connectivity index (χ0) is 32.6. The normalized spacial score (nSPS) is 18.7. The van der Waals surface area contributed by atoms with Crippen LogP contribution in [0.4, 0.5) is 4.79 Å². The average Bonchev–Trinajstić information content (AvgIpc) is 2.90. The van der Waals surface area contributed by atoms with Crippen LogP contribution < -0.4 is 9.47 Å². The fourth-order valence-corrected chi connectivity index (χ4v) is 6.02. The van der Waals surface area contributed by atoms with E-state index < -0.39 is 33.5 Å². The number of amides is 2. The number of fused-ring (bicyclic) bond motifs is 2. The molecule has 0 spiro atoms. The molecule has 14 heteroatoms. The van der Waals surface area contributed by atoms with Gasteiger partial charge in [0.05, 0.1) is 27.7 Å². The van der Waals surface area contributed by atoms with Gasteiger partial charge in [-0.05, 0) is 68.2 Å². The van der Waals surface area contributed by atoms with Crippen LogP contribution in [0.25, 0.3) is 5.57 Å². The van der Waals surface area contributed by atoms with Gasteiger partial charge in [0.1, 0.15) is 19.0 Å². The number of aliphatic carboxylic acids is 1. The number of hydrogen-bond acceptors (Lipinski definition) is 6. The number of halogens is 5. The van der Waals surface area contributed by atoms with E-state index in [-0.39, 0.29) is 44.2 Å². The van der Waals surface area contributed by atoms with Crippen molar-refractivity contribution in [1.82, 2.24) is 9.80 Å². The minimum Gasteiger partial charge on any atom is -0.490 e. The summed E-state index contributed by atoms with van der Waals surface area (Å²) in [6.45, 7) is 6.71. The number of benzene rings is 2. The summed E-state index contributed by atoms with van der Waals surface area (Å²) < 4.78 is 15.1. The highest BCUT2D eigenvalue weighted by Crippen LogP contribution is 2.43. The third-order valence-corrected chi connectivity index (χ3v) is 9.43. The topological polar surface area (TPSA) is 106 Å². The predicted molar refractivity (Wildman–Crippen MR) is 170 cm³/mol. The summed E-state index contributed by atoms with van der Waals surface area (Å²) in [6.07, 6.45) is -0.686. The zero-order valence-electron chi connectivity index (χ0n) is 24.3. The lowest BCUT2D eigenvalue weighted by atomic mass is 9.82. The summed E-state index contributed by atoms with van der Waals surface area (Å²) in [6, 6.07) is 8.87. The van der Waals surface area contributed by atoms with Crippen LogP contribution in [0, 0.1) is 6.92 Å². The quantitative estimate of drug-likeness (QED) is 0.229. The Balaban J connectivity index is 1.54. The first-order valence-corrected chi connectivity index (χ1v) is 15.5. The second kappa shape index (κ2) is 13.4. The number of alkyl halides is 3. The predicted octanol–water partition coefficient (Wildman–Crippen LogP) is 7.19. The first-order chi connectivity index (χ1) is 20.5. The number of nitrogens with zero attached hydrogens (tertiary/aromatic N) is 2. The number of rotatable bonds is 8. The SMILES string of the molecule is CC(=O)N1CC2CC(c3ccc(OCCOc4c(Cl)cc(C)cc4Cl)cc3)=C(C(=O)O)C(C1)N2C(=O)OC(C)(C)C(Cl)(Cl)Cl. The van der Waals surface area contributed by atoms with Gasteiger partial charge in [0.25, 0.3) is 0 Å². The van der Waals surface area contributed by atoms with Crippen LogP contribution in [0.5, 0.6) is 11.5 Å². The van der Waals surface area contributed by atoms with Crippen LogP contribution in [0.3, 0.4) is 0 Å². The second-order valence-electron chi connectivity index (χ2n) is 11.1. The average molecular weight is 709 g/mol. The minimum absolute atomic E-state index is 0.0234.